The number of rotatable bonds is 3. The van der Waals surface area contributed by atoms with Crippen molar-refractivity contribution in [3.8, 4) is 0 Å². The van der Waals surface area contributed by atoms with Crippen LogP contribution >= 0.6 is 11.8 Å². The molecule has 0 N–H and O–H groups in total. The Labute approximate surface area is 147 Å². The SMILES string of the molecule is O=C1CSC(c2ccnc3ccccc23)N1Cc1cccc(F)c1F. The van der Waals surface area contributed by atoms with Crippen molar-refractivity contribution in [1.29, 1.82) is 0 Å². The van der Waals surface area contributed by atoms with Gasteiger partial charge < -0.3 is 4.90 Å². The molecule has 1 atom stereocenters. The van der Waals surface area contributed by atoms with E-state index in [0.717, 1.165) is 22.5 Å². The molecule has 4 rings (SSSR count). The molecule has 0 saturated carbocycles. The van der Waals surface area contributed by atoms with Crippen LogP contribution in [0.1, 0.15) is 16.5 Å². The summed E-state index contributed by atoms with van der Waals surface area (Å²) in [5, 5.41) is 0.713. The number of halogens is 2. The first kappa shape index (κ1) is 16.0. The zero-order chi connectivity index (χ0) is 17.4. The number of hydrogen-bond donors (Lipinski definition) is 0. The highest BCUT2D eigenvalue weighted by molar-refractivity contribution is 8.00. The summed E-state index contributed by atoms with van der Waals surface area (Å²) in [7, 11) is 0. The van der Waals surface area contributed by atoms with Crippen molar-refractivity contribution >= 4 is 28.6 Å². The van der Waals surface area contributed by atoms with Gasteiger partial charge in [0.15, 0.2) is 11.6 Å². The van der Waals surface area contributed by atoms with Gasteiger partial charge in [0.05, 0.1) is 17.8 Å². The summed E-state index contributed by atoms with van der Waals surface area (Å²) in [4.78, 5) is 18.3. The molecule has 3 nitrogen and oxygen atoms in total. The number of benzene rings is 2. The van der Waals surface area contributed by atoms with E-state index in [2.05, 4.69) is 4.98 Å². The van der Waals surface area contributed by atoms with Gasteiger partial charge in [-0.15, -0.1) is 11.8 Å². The fourth-order valence-corrected chi connectivity index (χ4v) is 4.29. The van der Waals surface area contributed by atoms with Gasteiger partial charge in [-0.25, -0.2) is 8.78 Å². The van der Waals surface area contributed by atoms with Gasteiger partial charge in [-0.05, 0) is 23.8 Å². The predicted molar refractivity (Wildman–Crippen MR) is 93.9 cm³/mol. The average molecular weight is 356 g/mol. The predicted octanol–water partition coefficient (Wildman–Crippen LogP) is 4.29. The molecular formula is C19H14F2N2OS. The second kappa shape index (κ2) is 6.44. The van der Waals surface area contributed by atoms with Crippen LogP contribution in [0.4, 0.5) is 8.78 Å². The Hall–Kier alpha value is -2.47. The Bertz CT molecular complexity index is 958. The molecule has 2 aromatic carbocycles. The molecule has 1 aliphatic rings. The monoisotopic (exact) mass is 356 g/mol. The van der Waals surface area contributed by atoms with Crippen LogP contribution in [0.15, 0.2) is 54.7 Å². The van der Waals surface area contributed by atoms with E-state index >= 15 is 0 Å². The zero-order valence-electron chi connectivity index (χ0n) is 13.2. The Kier molecular flexibility index (Phi) is 4.13. The summed E-state index contributed by atoms with van der Waals surface area (Å²) in [5.74, 6) is -1.56. The maximum absolute atomic E-state index is 14.0. The van der Waals surface area contributed by atoms with Crippen molar-refractivity contribution in [3.05, 3.63) is 77.5 Å². The first-order chi connectivity index (χ1) is 12.1. The van der Waals surface area contributed by atoms with Crippen LogP contribution in [-0.2, 0) is 11.3 Å². The van der Waals surface area contributed by atoms with Crippen molar-refractivity contribution in [2.75, 3.05) is 5.75 Å². The molecule has 2 heterocycles. The van der Waals surface area contributed by atoms with Gasteiger partial charge in [-0.1, -0.05) is 30.3 Å². The third-order valence-corrected chi connectivity index (χ3v) is 5.53. The zero-order valence-corrected chi connectivity index (χ0v) is 14.0. The van der Waals surface area contributed by atoms with E-state index in [-0.39, 0.29) is 23.4 Å². The maximum Gasteiger partial charge on any atom is 0.234 e. The van der Waals surface area contributed by atoms with Crippen LogP contribution < -0.4 is 0 Å². The van der Waals surface area contributed by atoms with Crippen molar-refractivity contribution in [1.82, 2.24) is 9.88 Å². The number of para-hydroxylation sites is 1. The summed E-state index contributed by atoms with van der Waals surface area (Å²) in [6.07, 6.45) is 1.71. The topological polar surface area (TPSA) is 33.2 Å². The highest BCUT2D eigenvalue weighted by atomic mass is 32.2. The van der Waals surface area contributed by atoms with Crippen LogP contribution in [0.25, 0.3) is 10.9 Å². The second-order valence-electron chi connectivity index (χ2n) is 5.82. The summed E-state index contributed by atoms with van der Waals surface area (Å²) in [6, 6.07) is 13.6. The van der Waals surface area contributed by atoms with E-state index in [1.807, 2.05) is 30.3 Å². The standard InChI is InChI=1S/C19H14F2N2OS/c20-15-6-3-4-12(18(15)21)10-23-17(24)11-25-19(23)14-8-9-22-16-7-2-1-5-13(14)16/h1-9,19H,10-11H2. The van der Waals surface area contributed by atoms with E-state index in [0.29, 0.717) is 5.75 Å². The Balaban J connectivity index is 1.74. The smallest absolute Gasteiger partial charge is 0.234 e. The van der Waals surface area contributed by atoms with E-state index < -0.39 is 11.6 Å². The minimum atomic E-state index is -0.900. The first-order valence-corrected chi connectivity index (χ1v) is 8.87. The highest BCUT2D eigenvalue weighted by Gasteiger charge is 2.34. The van der Waals surface area contributed by atoms with Crippen LogP contribution in [0, 0.1) is 11.6 Å². The van der Waals surface area contributed by atoms with E-state index in [1.54, 1.807) is 11.1 Å². The number of carbonyl (C=O) groups is 1. The number of pyridine rings is 1. The second-order valence-corrected chi connectivity index (χ2v) is 6.88. The molecule has 1 aliphatic heterocycles. The Morgan fingerprint density at radius 1 is 1.12 bits per heavy atom. The van der Waals surface area contributed by atoms with E-state index in [4.69, 9.17) is 0 Å². The molecule has 1 amide bonds. The number of amides is 1. The lowest BCUT2D eigenvalue weighted by molar-refractivity contribution is -0.128. The number of aromatic nitrogens is 1. The molecule has 6 heteroatoms. The van der Waals surface area contributed by atoms with Crippen molar-refractivity contribution < 1.29 is 13.6 Å². The van der Waals surface area contributed by atoms with Gasteiger partial charge in [0.2, 0.25) is 5.91 Å². The summed E-state index contributed by atoms with van der Waals surface area (Å²) in [6.45, 7) is 0.0384. The maximum atomic E-state index is 14.0. The molecule has 1 fully saturated rings. The third kappa shape index (κ3) is 2.87. The Morgan fingerprint density at radius 2 is 1.96 bits per heavy atom. The van der Waals surface area contributed by atoms with Gasteiger partial charge >= 0.3 is 0 Å². The normalized spacial score (nSPS) is 17.4. The molecule has 1 aromatic heterocycles. The fraction of sp³-hybridized carbons (Fsp3) is 0.158. The minimum Gasteiger partial charge on any atom is -0.321 e. The molecule has 25 heavy (non-hydrogen) atoms. The van der Waals surface area contributed by atoms with Crippen LogP contribution in [-0.4, -0.2) is 21.5 Å². The van der Waals surface area contributed by atoms with Crippen molar-refractivity contribution in [2.24, 2.45) is 0 Å². The quantitative estimate of drug-likeness (QED) is 0.702. The van der Waals surface area contributed by atoms with Crippen LogP contribution in [0.2, 0.25) is 0 Å². The minimum absolute atomic E-state index is 0.0384. The van der Waals surface area contributed by atoms with Gasteiger partial charge in [-0.3, -0.25) is 9.78 Å². The number of hydrogen-bond acceptors (Lipinski definition) is 3. The first-order valence-electron chi connectivity index (χ1n) is 7.83. The van der Waals surface area contributed by atoms with Gasteiger partial charge in [-0.2, -0.15) is 0 Å². The van der Waals surface area contributed by atoms with E-state index in [1.165, 1.54) is 23.9 Å². The number of carbonyl (C=O) groups excluding carboxylic acids is 1. The largest absolute Gasteiger partial charge is 0.321 e. The van der Waals surface area contributed by atoms with Crippen LogP contribution in [0.3, 0.4) is 0 Å². The Morgan fingerprint density at radius 3 is 2.84 bits per heavy atom. The molecule has 0 bridgehead atoms. The lowest BCUT2D eigenvalue weighted by atomic mass is 10.1. The lowest BCUT2D eigenvalue weighted by Crippen LogP contribution is -2.28. The number of fused-ring (bicyclic) bond motifs is 1. The fourth-order valence-electron chi connectivity index (χ4n) is 3.07. The lowest BCUT2D eigenvalue weighted by Gasteiger charge is -2.25. The van der Waals surface area contributed by atoms with Crippen LogP contribution in [0.5, 0.6) is 0 Å². The molecule has 0 radical (unpaired) electrons. The van der Waals surface area contributed by atoms with E-state index in [9.17, 15) is 13.6 Å². The van der Waals surface area contributed by atoms with Gasteiger partial charge in [0.1, 0.15) is 5.37 Å². The molecule has 126 valence electrons. The summed E-state index contributed by atoms with van der Waals surface area (Å²) >= 11 is 1.49. The van der Waals surface area contributed by atoms with Gasteiger partial charge in [0.25, 0.3) is 0 Å². The van der Waals surface area contributed by atoms with Gasteiger partial charge in [0, 0.05) is 17.1 Å². The molecule has 1 saturated heterocycles. The molecular weight excluding hydrogens is 342 g/mol. The number of thioether (sulfide) groups is 1. The summed E-state index contributed by atoms with van der Waals surface area (Å²) in [5.41, 5.74) is 1.98. The molecule has 3 aromatic rings. The summed E-state index contributed by atoms with van der Waals surface area (Å²) < 4.78 is 27.5. The third-order valence-electron chi connectivity index (χ3n) is 4.29. The molecule has 1 unspecified atom stereocenters. The number of nitrogens with zero attached hydrogens (tertiary/aromatic N) is 2. The highest BCUT2D eigenvalue weighted by Crippen LogP contribution is 2.42. The average Bonchev–Trinajstić information content (AvgIpc) is 2.99. The molecule has 0 aliphatic carbocycles. The van der Waals surface area contributed by atoms with Crippen molar-refractivity contribution in [3.63, 3.8) is 0 Å². The van der Waals surface area contributed by atoms with Crippen molar-refractivity contribution in [2.45, 2.75) is 11.9 Å². The molecule has 0 spiro atoms.